The third-order valence-corrected chi connectivity index (χ3v) is 7.38. The van der Waals surface area contributed by atoms with Crippen molar-refractivity contribution < 1.29 is 5.11 Å². The van der Waals surface area contributed by atoms with Gasteiger partial charge in [-0.1, -0.05) is 36.4 Å². The number of imidazole rings is 1. The minimum absolute atomic E-state index is 0.0462. The summed E-state index contributed by atoms with van der Waals surface area (Å²) >= 11 is 0. The van der Waals surface area contributed by atoms with Crippen molar-refractivity contribution in [2.24, 2.45) is 0 Å². The van der Waals surface area contributed by atoms with Gasteiger partial charge in [-0.15, -0.1) is 0 Å². The maximum atomic E-state index is 10.2. The van der Waals surface area contributed by atoms with E-state index in [1.807, 2.05) is 24.4 Å². The molecule has 1 fully saturated rings. The van der Waals surface area contributed by atoms with Crippen molar-refractivity contribution in [1.29, 1.82) is 0 Å². The number of aromatic amines is 1. The number of pyridine rings is 1. The maximum Gasteiger partial charge on any atom is 0.121 e. The van der Waals surface area contributed by atoms with Gasteiger partial charge in [0.2, 0.25) is 0 Å². The summed E-state index contributed by atoms with van der Waals surface area (Å²) in [4.78, 5) is 15.7. The summed E-state index contributed by atoms with van der Waals surface area (Å²) in [7, 11) is 0. The molecule has 0 spiro atoms. The number of nitrogens with one attached hydrogen (secondary N) is 2. The van der Waals surface area contributed by atoms with Crippen LogP contribution in [0.4, 0.5) is 0 Å². The molecule has 0 bridgehead atoms. The van der Waals surface area contributed by atoms with Crippen LogP contribution in [0, 0.1) is 0 Å². The van der Waals surface area contributed by atoms with Crippen molar-refractivity contribution in [2.75, 3.05) is 0 Å². The average Bonchev–Trinajstić information content (AvgIpc) is 3.64. The SMILES string of the molecule is OCc1cc(CNC2CC2)ccc1CN(Cc1nc2ccccc2[nH]1)C1CCCc2cccnc21. The van der Waals surface area contributed by atoms with Crippen LogP contribution in [0.25, 0.3) is 11.0 Å². The highest BCUT2D eigenvalue weighted by atomic mass is 16.3. The molecule has 1 saturated carbocycles. The number of aryl methyl sites for hydroxylation is 1. The molecule has 0 amide bonds. The Labute approximate surface area is 206 Å². The Morgan fingerprint density at radius 1 is 1.00 bits per heavy atom. The van der Waals surface area contributed by atoms with Crippen LogP contribution in [-0.4, -0.2) is 31.0 Å². The number of aliphatic hydroxyl groups excluding tert-OH is 1. The van der Waals surface area contributed by atoms with Gasteiger partial charge in [-0.3, -0.25) is 9.88 Å². The lowest BCUT2D eigenvalue weighted by Crippen LogP contribution is -2.32. The zero-order valence-electron chi connectivity index (χ0n) is 20.1. The van der Waals surface area contributed by atoms with Gasteiger partial charge in [-0.25, -0.2) is 4.98 Å². The van der Waals surface area contributed by atoms with Gasteiger partial charge in [0.15, 0.2) is 0 Å². The Bertz CT molecular complexity index is 1280. The highest BCUT2D eigenvalue weighted by Crippen LogP contribution is 2.35. The maximum absolute atomic E-state index is 10.2. The molecule has 2 aromatic heterocycles. The van der Waals surface area contributed by atoms with Gasteiger partial charge in [0, 0.05) is 25.3 Å². The fourth-order valence-electron chi connectivity index (χ4n) is 5.35. The Morgan fingerprint density at radius 3 is 2.77 bits per heavy atom. The Hall–Kier alpha value is -3.06. The van der Waals surface area contributed by atoms with Gasteiger partial charge in [0.25, 0.3) is 0 Å². The lowest BCUT2D eigenvalue weighted by Gasteiger charge is -2.35. The van der Waals surface area contributed by atoms with E-state index in [1.165, 1.54) is 35.2 Å². The number of H-pyrrole nitrogens is 1. The van der Waals surface area contributed by atoms with Gasteiger partial charge in [-0.05, 0) is 72.6 Å². The Balaban J connectivity index is 1.31. The number of benzene rings is 2. The minimum Gasteiger partial charge on any atom is -0.392 e. The van der Waals surface area contributed by atoms with E-state index in [1.54, 1.807) is 0 Å². The van der Waals surface area contributed by atoms with Crippen LogP contribution in [0.5, 0.6) is 0 Å². The van der Waals surface area contributed by atoms with Crippen LogP contribution in [0.3, 0.4) is 0 Å². The summed E-state index contributed by atoms with van der Waals surface area (Å²) in [5.41, 5.74) is 8.00. The molecule has 6 nitrogen and oxygen atoms in total. The molecule has 2 aliphatic carbocycles. The summed E-state index contributed by atoms with van der Waals surface area (Å²) in [6.45, 7) is 2.35. The number of fused-ring (bicyclic) bond motifs is 2. The van der Waals surface area contributed by atoms with Gasteiger partial charge in [-0.2, -0.15) is 0 Å². The summed E-state index contributed by atoms with van der Waals surface area (Å²) in [5.74, 6) is 0.963. The predicted molar refractivity (Wildman–Crippen MR) is 137 cm³/mol. The zero-order chi connectivity index (χ0) is 23.6. The molecule has 2 aliphatic rings. The second-order valence-electron chi connectivity index (χ2n) is 9.98. The van der Waals surface area contributed by atoms with Gasteiger partial charge in [0.1, 0.15) is 5.82 Å². The number of hydrogen-bond acceptors (Lipinski definition) is 5. The third-order valence-electron chi connectivity index (χ3n) is 7.38. The van der Waals surface area contributed by atoms with Crippen molar-refractivity contribution in [3.63, 3.8) is 0 Å². The topological polar surface area (TPSA) is 77.1 Å². The number of aromatic nitrogens is 3. The first kappa shape index (κ1) is 22.4. The van der Waals surface area contributed by atoms with Crippen molar-refractivity contribution >= 4 is 11.0 Å². The lowest BCUT2D eigenvalue weighted by atomic mass is 9.90. The molecular weight excluding hydrogens is 434 g/mol. The fraction of sp³-hybridized carbons (Fsp3) is 0.379. The van der Waals surface area contributed by atoms with E-state index in [0.29, 0.717) is 12.6 Å². The van der Waals surface area contributed by atoms with E-state index in [9.17, 15) is 5.11 Å². The van der Waals surface area contributed by atoms with E-state index >= 15 is 0 Å². The molecule has 180 valence electrons. The standard InChI is InChI=1S/C29H33N5O/c35-19-23-15-20(16-31-24-12-13-24)10-11-22(23)17-34(18-28-32-25-7-1-2-8-26(25)33-28)27-9-3-5-21-6-4-14-30-29(21)27/h1-2,4,6-8,10-11,14-15,24,27,31,35H,3,5,9,12-13,16-19H2,(H,32,33). The number of nitrogens with zero attached hydrogens (tertiary/aromatic N) is 3. The molecule has 35 heavy (non-hydrogen) atoms. The molecular formula is C29H33N5O. The van der Waals surface area contributed by atoms with E-state index in [0.717, 1.165) is 54.8 Å². The minimum atomic E-state index is 0.0462. The van der Waals surface area contributed by atoms with Crippen molar-refractivity contribution in [1.82, 2.24) is 25.2 Å². The first-order valence-electron chi connectivity index (χ1n) is 12.8. The van der Waals surface area contributed by atoms with Gasteiger partial charge >= 0.3 is 0 Å². The molecule has 0 radical (unpaired) electrons. The largest absolute Gasteiger partial charge is 0.392 e. The van der Waals surface area contributed by atoms with Crippen molar-refractivity contribution in [2.45, 2.75) is 70.4 Å². The fourth-order valence-corrected chi connectivity index (χ4v) is 5.35. The molecule has 1 atom stereocenters. The summed E-state index contributed by atoms with van der Waals surface area (Å²) in [6, 6.07) is 19.9. The quantitative estimate of drug-likeness (QED) is 0.330. The highest BCUT2D eigenvalue weighted by molar-refractivity contribution is 5.74. The number of aliphatic hydroxyl groups is 1. The summed E-state index contributed by atoms with van der Waals surface area (Å²) < 4.78 is 0. The van der Waals surface area contributed by atoms with E-state index in [4.69, 9.17) is 9.97 Å². The lowest BCUT2D eigenvalue weighted by molar-refractivity contribution is 0.152. The van der Waals surface area contributed by atoms with Crippen LogP contribution < -0.4 is 5.32 Å². The molecule has 1 unspecified atom stereocenters. The number of hydrogen-bond donors (Lipinski definition) is 3. The van der Waals surface area contributed by atoms with Gasteiger partial charge < -0.3 is 15.4 Å². The molecule has 0 saturated heterocycles. The van der Waals surface area contributed by atoms with Crippen LogP contribution in [0.1, 0.15) is 65.5 Å². The van der Waals surface area contributed by atoms with Crippen molar-refractivity contribution in [3.8, 4) is 0 Å². The zero-order valence-corrected chi connectivity index (χ0v) is 20.1. The first-order valence-corrected chi connectivity index (χ1v) is 12.8. The van der Waals surface area contributed by atoms with Crippen molar-refractivity contribution in [3.05, 3.63) is 94.6 Å². The summed E-state index contributed by atoms with van der Waals surface area (Å²) in [5, 5.41) is 13.8. The van der Waals surface area contributed by atoms with Crippen LogP contribution in [0.15, 0.2) is 60.8 Å². The van der Waals surface area contributed by atoms with Crippen LogP contribution >= 0.6 is 0 Å². The van der Waals surface area contributed by atoms with E-state index in [2.05, 4.69) is 51.6 Å². The average molecular weight is 468 g/mol. The third kappa shape index (κ3) is 5.01. The predicted octanol–water partition coefficient (Wildman–Crippen LogP) is 4.78. The van der Waals surface area contributed by atoms with Crippen LogP contribution in [-0.2, 0) is 32.7 Å². The normalized spacial score (nSPS) is 17.7. The second-order valence-corrected chi connectivity index (χ2v) is 9.98. The first-order chi connectivity index (χ1) is 17.3. The molecule has 2 heterocycles. The highest BCUT2D eigenvalue weighted by Gasteiger charge is 2.28. The summed E-state index contributed by atoms with van der Waals surface area (Å²) in [6.07, 6.45) is 7.78. The Morgan fingerprint density at radius 2 is 1.91 bits per heavy atom. The monoisotopic (exact) mass is 467 g/mol. The smallest absolute Gasteiger partial charge is 0.121 e. The molecule has 6 rings (SSSR count). The molecule has 3 N–H and O–H groups in total. The molecule has 6 heteroatoms. The van der Waals surface area contributed by atoms with E-state index < -0.39 is 0 Å². The van der Waals surface area contributed by atoms with Crippen LogP contribution in [0.2, 0.25) is 0 Å². The number of para-hydroxylation sites is 2. The molecule has 4 aromatic rings. The van der Waals surface area contributed by atoms with Gasteiger partial charge in [0.05, 0.1) is 35.9 Å². The number of rotatable bonds is 9. The Kier molecular flexibility index (Phi) is 6.34. The molecule has 0 aliphatic heterocycles. The molecule has 2 aromatic carbocycles. The second kappa shape index (κ2) is 9.90. The van der Waals surface area contributed by atoms with E-state index in [-0.39, 0.29) is 12.6 Å².